The van der Waals surface area contributed by atoms with Crippen molar-refractivity contribution in [2.75, 3.05) is 0 Å². The van der Waals surface area contributed by atoms with Crippen LogP contribution >= 0.6 is 0 Å². The van der Waals surface area contributed by atoms with E-state index in [2.05, 4.69) is 13.8 Å². The van der Waals surface area contributed by atoms with Gasteiger partial charge in [-0.05, 0) is 0 Å². The highest BCUT2D eigenvalue weighted by molar-refractivity contribution is 3.92. The second kappa shape index (κ2) is 392. The normalized spacial score (nSPS) is 4.00. The van der Waals surface area contributed by atoms with Crippen molar-refractivity contribution in [1.82, 2.24) is 0 Å². The Bertz CT molecular complexity index is 0. The molecule has 0 saturated carbocycles. The highest BCUT2D eigenvalue weighted by Gasteiger charge is 1.35. The fourth-order valence-electron chi connectivity index (χ4n) is 0. The van der Waals surface area contributed by atoms with Crippen LogP contribution in [-0.4, -0.2) is 0 Å². The first-order valence-corrected chi connectivity index (χ1v) is 4.41. The molecule has 0 atom stereocenters. The Kier molecular flexibility index (Phi) is 1000. The molecule has 0 N–H and O–H groups in total. The summed E-state index contributed by atoms with van der Waals surface area (Å²) in [7, 11) is 0. The molecule has 0 nitrogen and oxygen atoms in total. The van der Waals surface area contributed by atoms with Crippen LogP contribution in [0.2, 0.25) is 0 Å². The average molecular weight is 134 g/mol. The van der Waals surface area contributed by atoms with Crippen molar-refractivity contribution in [2.24, 2.45) is 0 Å². The maximum atomic E-state index is 2.12. The maximum Gasteiger partial charge on any atom is -0.0590 e. The Morgan fingerprint density at radius 1 is 0.556 bits per heavy atom. The van der Waals surface area contributed by atoms with Gasteiger partial charge in [-0.3, -0.25) is 0 Å². The van der Waals surface area contributed by atoms with E-state index in [0.717, 1.165) is 0 Å². The first kappa shape index (κ1) is 23.0. The number of hydrogen-bond donors (Lipinski definition) is 0. The molecule has 0 aromatic heterocycles. The third-order valence-electron chi connectivity index (χ3n) is 0. The molecule has 0 heterocycles. The quantitative estimate of drug-likeness (QED) is 0.458. The molecule has 0 aromatic carbocycles. The van der Waals surface area contributed by atoms with Crippen molar-refractivity contribution >= 4 is 0 Å². The van der Waals surface area contributed by atoms with Crippen LogP contribution in [0, 0.1) is 0 Å². The fraction of sp³-hybridized carbons (Fsp3) is 1.00. The predicted octanol–water partition coefficient (Wildman–Crippen LogP) is 4.49. The zero-order valence-corrected chi connectivity index (χ0v) is 8.71. The van der Waals surface area contributed by atoms with Gasteiger partial charge in [-0.25, -0.2) is 0 Å². The molecule has 0 rings (SSSR count). The lowest BCUT2D eigenvalue weighted by Crippen LogP contribution is -1.27. The molecule has 0 bridgehead atoms. The summed E-state index contributed by atoms with van der Waals surface area (Å²) >= 11 is 0. The molecular formula is C9H26. The summed E-state index contributed by atoms with van der Waals surface area (Å²) in [6.45, 7) is 16.2. The van der Waals surface area contributed by atoms with E-state index in [9.17, 15) is 0 Å². The summed E-state index contributed by atoms with van der Waals surface area (Å²) < 4.78 is 0. The smallest absolute Gasteiger partial charge is 0.0590 e. The van der Waals surface area contributed by atoms with Crippen LogP contribution in [0.1, 0.15) is 61.8 Å². The molecule has 62 valence electrons. The van der Waals surface area contributed by atoms with E-state index in [0.29, 0.717) is 0 Å². The lowest BCUT2D eigenvalue weighted by atomic mass is 10.6. The van der Waals surface area contributed by atoms with Crippen molar-refractivity contribution in [3.8, 4) is 0 Å². The van der Waals surface area contributed by atoms with E-state index >= 15 is 0 Å². The van der Waals surface area contributed by atoms with Crippen molar-refractivity contribution in [3.05, 3.63) is 0 Å². The summed E-state index contributed by atoms with van der Waals surface area (Å²) in [5.41, 5.74) is 0. The molecule has 0 aliphatic rings. The fourth-order valence-corrected chi connectivity index (χ4v) is 0. The van der Waals surface area contributed by atoms with E-state index in [1.807, 2.05) is 41.5 Å². The third kappa shape index (κ3) is 0. The summed E-state index contributed by atoms with van der Waals surface area (Å²) in [5.74, 6) is 0. The first-order chi connectivity index (χ1) is 4.41. The van der Waals surface area contributed by atoms with E-state index in [1.54, 1.807) is 0 Å². The Morgan fingerprint density at radius 3 is 0.556 bits per heavy atom. The van der Waals surface area contributed by atoms with Gasteiger partial charge >= 0.3 is 0 Å². The van der Waals surface area contributed by atoms with Crippen molar-refractivity contribution in [1.29, 1.82) is 0 Å². The Hall–Kier alpha value is 0. The summed E-state index contributed by atoms with van der Waals surface area (Å²) in [5, 5.41) is 0. The van der Waals surface area contributed by atoms with Crippen molar-refractivity contribution in [3.63, 3.8) is 0 Å². The molecular weight excluding hydrogens is 108 g/mol. The van der Waals surface area contributed by atoms with Crippen LogP contribution < -0.4 is 0 Å². The van der Waals surface area contributed by atoms with Gasteiger partial charge in [-0.15, -0.1) is 0 Å². The van der Waals surface area contributed by atoms with Gasteiger partial charge in [0.25, 0.3) is 0 Å². The van der Waals surface area contributed by atoms with Crippen molar-refractivity contribution in [2.45, 2.75) is 61.8 Å². The topological polar surface area (TPSA) is 0 Å². The van der Waals surface area contributed by atoms with Crippen LogP contribution in [0.15, 0.2) is 0 Å². The molecule has 0 fully saturated rings. The van der Waals surface area contributed by atoms with E-state index < -0.39 is 0 Å². The Labute approximate surface area is 62.7 Å². The minimum Gasteiger partial charge on any atom is -0.0683 e. The third-order valence-corrected chi connectivity index (χ3v) is 0. The zero-order chi connectivity index (χ0) is 8.71. The Morgan fingerprint density at radius 2 is 0.556 bits per heavy atom. The lowest BCUT2D eigenvalue weighted by molar-refractivity contribution is 1.09. The molecule has 9 heavy (non-hydrogen) atoms. The highest BCUT2D eigenvalue weighted by atomic mass is 13.4. The molecule has 0 aliphatic carbocycles. The monoisotopic (exact) mass is 134 g/mol. The average Bonchev–Trinajstić information content (AvgIpc) is 2.01. The van der Waals surface area contributed by atoms with Crippen LogP contribution in [0.4, 0.5) is 0 Å². The standard InChI is InChI=1S/C3H8.3C2H6/c1-3-2;3*1-2/h3H2,1-2H3;3*1-2H3. The van der Waals surface area contributed by atoms with Gasteiger partial charge in [0, 0.05) is 0 Å². The molecule has 0 amide bonds. The minimum atomic E-state index is 1.25. The second-order valence-electron chi connectivity index (χ2n) is 0.707. The minimum absolute atomic E-state index is 1.25. The highest BCUT2D eigenvalue weighted by Crippen LogP contribution is 1.56. The second-order valence-corrected chi connectivity index (χ2v) is 0.707. The molecule has 0 saturated heterocycles. The van der Waals surface area contributed by atoms with Gasteiger partial charge in [0.15, 0.2) is 0 Å². The van der Waals surface area contributed by atoms with Gasteiger partial charge < -0.3 is 0 Å². The van der Waals surface area contributed by atoms with Crippen LogP contribution in [0.3, 0.4) is 0 Å². The molecule has 0 radical (unpaired) electrons. The van der Waals surface area contributed by atoms with E-state index in [-0.39, 0.29) is 0 Å². The van der Waals surface area contributed by atoms with Gasteiger partial charge in [0.05, 0.1) is 0 Å². The zero-order valence-electron chi connectivity index (χ0n) is 8.71. The SMILES string of the molecule is CC.CC.CC.CCC. The van der Waals surface area contributed by atoms with E-state index in [4.69, 9.17) is 0 Å². The number of hydrogen-bond acceptors (Lipinski definition) is 0. The molecule has 0 aromatic rings. The summed E-state index contributed by atoms with van der Waals surface area (Å²) in [6, 6.07) is 0. The Balaban J connectivity index is -0.0000000190. The lowest BCUT2D eigenvalue weighted by Gasteiger charge is -1.48. The molecule has 0 heteroatoms. The number of rotatable bonds is 0. The van der Waals surface area contributed by atoms with Gasteiger partial charge in [0.2, 0.25) is 0 Å². The summed E-state index contributed by atoms with van der Waals surface area (Å²) in [6.07, 6.45) is 1.25. The van der Waals surface area contributed by atoms with E-state index in [1.165, 1.54) is 6.42 Å². The van der Waals surface area contributed by atoms with Gasteiger partial charge in [-0.1, -0.05) is 61.8 Å². The predicted molar refractivity (Wildman–Crippen MR) is 50.0 cm³/mol. The van der Waals surface area contributed by atoms with Gasteiger partial charge in [-0.2, -0.15) is 0 Å². The first-order valence-electron chi connectivity index (χ1n) is 4.41. The van der Waals surface area contributed by atoms with Crippen LogP contribution in [0.25, 0.3) is 0 Å². The van der Waals surface area contributed by atoms with Gasteiger partial charge in [0.1, 0.15) is 0 Å². The van der Waals surface area contributed by atoms with Crippen LogP contribution in [0.5, 0.6) is 0 Å². The molecule has 0 unspecified atom stereocenters. The molecule has 0 aliphatic heterocycles. The molecule has 0 spiro atoms. The van der Waals surface area contributed by atoms with Crippen molar-refractivity contribution < 1.29 is 0 Å². The maximum absolute atomic E-state index is 2.12. The largest absolute Gasteiger partial charge is 0.0683 e. The van der Waals surface area contributed by atoms with Crippen LogP contribution in [-0.2, 0) is 0 Å². The summed E-state index contributed by atoms with van der Waals surface area (Å²) in [4.78, 5) is 0.